The Bertz CT molecular complexity index is 1710. The van der Waals surface area contributed by atoms with E-state index in [1.807, 2.05) is 77.5 Å². The third-order valence-electron chi connectivity index (χ3n) is 5.78. The largest absolute Gasteiger partial charge is 0.306 e. The minimum Gasteiger partial charge on any atom is -0.306 e. The van der Waals surface area contributed by atoms with Gasteiger partial charge in [-0.1, -0.05) is 54.6 Å². The third kappa shape index (κ3) is 2.67. The number of nitrogens with zero attached hydrogens (tertiary/aromatic N) is 4. The molecular weight excluding hydrogens is 399 g/mol. The minimum atomic E-state index is -0.491. The highest BCUT2D eigenvalue weighted by molar-refractivity contribution is 6.14. The van der Waals surface area contributed by atoms with Crippen molar-refractivity contribution in [2.45, 2.75) is 0 Å². The highest BCUT2D eigenvalue weighted by atomic mass is 19.1. The molecule has 6 rings (SSSR count). The van der Waals surface area contributed by atoms with Crippen LogP contribution in [0.4, 0.5) is 4.39 Å². The third-order valence-corrected chi connectivity index (χ3v) is 5.78. The van der Waals surface area contributed by atoms with Gasteiger partial charge in [-0.3, -0.25) is 4.98 Å². The summed E-state index contributed by atoms with van der Waals surface area (Å²) in [5.41, 5.74) is 5.17. The maximum Gasteiger partial charge on any atom is 0.164 e. The van der Waals surface area contributed by atoms with E-state index in [0.717, 1.165) is 50.0 Å². The molecule has 3 heterocycles. The molecule has 5 heteroatoms. The molecule has 0 saturated carbocycles. The average molecular weight is 414 g/mol. The normalized spacial score (nSPS) is 11.2. The Morgan fingerprint density at radius 2 is 1.62 bits per heavy atom. The van der Waals surface area contributed by atoms with E-state index < -0.39 is 5.82 Å². The molecule has 0 saturated heterocycles. The van der Waals surface area contributed by atoms with E-state index in [2.05, 4.69) is 22.1 Å². The molecule has 0 spiro atoms. The molecule has 0 unspecified atom stereocenters. The lowest BCUT2D eigenvalue weighted by atomic mass is 10.0. The van der Waals surface area contributed by atoms with Crippen molar-refractivity contribution in [3.05, 3.63) is 103 Å². The van der Waals surface area contributed by atoms with Crippen LogP contribution in [0.25, 0.3) is 49.5 Å². The first kappa shape index (κ1) is 18.2. The summed E-state index contributed by atoms with van der Waals surface area (Å²) >= 11 is 0. The Hall–Kier alpha value is -4.56. The number of pyridine rings is 2. The Morgan fingerprint density at radius 1 is 0.812 bits per heavy atom. The van der Waals surface area contributed by atoms with Crippen LogP contribution in [0.2, 0.25) is 0 Å². The summed E-state index contributed by atoms with van der Waals surface area (Å²) in [6.07, 6.45) is 2.93. The molecule has 4 nitrogen and oxygen atoms in total. The lowest BCUT2D eigenvalue weighted by molar-refractivity contribution is 0.620. The van der Waals surface area contributed by atoms with Crippen LogP contribution < -0.4 is 0 Å². The van der Waals surface area contributed by atoms with Crippen molar-refractivity contribution in [2.24, 2.45) is 0 Å². The lowest BCUT2D eigenvalue weighted by Gasteiger charge is -2.13. The predicted molar refractivity (Wildman–Crippen MR) is 124 cm³/mol. The molecular formula is C27H15FN4. The molecule has 0 aliphatic heterocycles. The quantitative estimate of drug-likeness (QED) is 0.329. The Balaban J connectivity index is 1.78. The van der Waals surface area contributed by atoms with Crippen LogP contribution in [0.3, 0.4) is 0 Å². The topological polar surface area (TPSA) is 54.5 Å². The maximum absolute atomic E-state index is 14.3. The molecule has 0 fully saturated rings. The molecule has 3 aromatic heterocycles. The summed E-state index contributed by atoms with van der Waals surface area (Å²) in [4.78, 5) is 8.67. The van der Waals surface area contributed by atoms with Crippen LogP contribution in [0.15, 0.2) is 91.3 Å². The molecule has 150 valence electrons. The zero-order chi connectivity index (χ0) is 21.7. The highest BCUT2D eigenvalue weighted by Crippen LogP contribution is 2.38. The fraction of sp³-hybridized carbons (Fsp3) is 0. The summed E-state index contributed by atoms with van der Waals surface area (Å²) in [6.45, 7) is 0. The van der Waals surface area contributed by atoms with Gasteiger partial charge in [0.1, 0.15) is 11.9 Å². The number of para-hydroxylation sites is 3. The SMILES string of the molecule is N#Cc1ncc(F)cc1-n1c2ccccc2c2cccc(-c3cnc4ccccc4c3)c21. The van der Waals surface area contributed by atoms with Crippen molar-refractivity contribution < 1.29 is 4.39 Å². The molecule has 3 aromatic carbocycles. The summed E-state index contributed by atoms with van der Waals surface area (Å²) < 4.78 is 16.2. The van der Waals surface area contributed by atoms with Gasteiger partial charge in [0.15, 0.2) is 5.69 Å². The summed E-state index contributed by atoms with van der Waals surface area (Å²) in [6, 6.07) is 27.6. The number of hydrogen-bond acceptors (Lipinski definition) is 3. The molecule has 0 aliphatic rings. The number of rotatable bonds is 2. The van der Waals surface area contributed by atoms with Gasteiger partial charge in [0, 0.05) is 39.5 Å². The molecule has 0 amide bonds. The van der Waals surface area contributed by atoms with E-state index in [1.54, 1.807) is 0 Å². The van der Waals surface area contributed by atoms with Gasteiger partial charge in [0.2, 0.25) is 0 Å². The van der Waals surface area contributed by atoms with Crippen molar-refractivity contribution in [1.29, 1.82) is 5.26 Å². The Kier molecular flexibility index (Phi) is 3.99. The van der Waals surface area contributed by atoms with Gasteiger partial charge < -0.3 is 4.57 Å². The second kappa shape index (κ2) is 7.00. The fourth-order valence-corrected chi connectivity index (χ4v) is 4.41. The van der Waals surface area contributed by atoms with Gasteiger partial charge in [0.25, 0.3) is 0 Å². The lowest BCUT2D eigenvalue weighted by Crippen LogP contribution is -2.01. The number of aromatic nitrogens is 3. The first-order valence-electron chi connectivity index (χ1n) is 10.2. The molecule has 0 bridgehead atoms. The van der Waals surface area contributed by atoms with Crippen molar-refractivity contribution >= 4 is 32.7 Å². The van der Waals surface area contributed by atoms with Crippen molar-refractivity contribution in [3.8, 4) is 22.9 Å². The van der Waals surface area contributed by atoms with Crippen molar-refractivity contribution in [3.63, 3.8) is 0 Å². The summed E-state index contributed by atoms with van der Waals surface area (Å²) in [5.74, 6) is -0.491. The number of fused-ring (bicyclic) bond motifs is 4. The first-order valence-corrected chi connectivity index (χ1v) is 10.2. The number of benzene rings is 3. The molecule has 32 heavy (non-hydrogen) atoms. The molecule has 0 atom stereocenters. The second-order valence-electron chi connectivity index (χ2n) is 7.60. The number of halogens is 1. The molecule has 0 aliphatic carbocycles. The number of hydrogen-bond donors (Lipinski definition) is 0. The van der Waals surface area contributed by atoms with Gasteiger partial charge in [-0.15, -0.1) is 0 Å². The van der Waals surface area contributed by atoms with E-state index in [9.17, 15) is 9.65 Å². The van der Waals surface area contributed by atoms with Crippen LogP contribution in [0.1, 0.15) is 5.69 Å². The summed E-state index contributed by atoms with van der Waals surface area (Å²) in [7, 11) is 0. The van der Waals surface area contributed by atoms with Gasteiger partial charge in [-0.2, -0.15) is 5.26 Å². The van der Waals surface area contributed by atoms with Gasteiger partial charge in [0.05, 0.1) is 28.4 Å². The Morgan fingerprint density at radius 3 is 2.53 bits per heavy atom. The van der Waals surface area contributed by atoms with E-state index in [4.69, 9.17) is 0 Å². The zero-order valence-electron chi connectivity index (χ0n) is 16.8. The van der Waals surface area contributed by atoms with Crippen LogP contribution in [-0.2, 0) is 0 Å². The first-order chi connectivity index (χ1) is 15.7. The van der Waals surface area contributed by atoms with Crippen LogP contribution in [0.5, 0.6) is 0 Å². The zero-order valence-corrected chi connectivity index (χ0v) is 16.8. The van der Waals surface area contributed by atoms with Crippen LogP contribution >= 0.6 is 0 Å². The van der Waals surface area contributed by atoms with Gasteiger partial charge in [-0.25, -0.2) is 9.37 Å². The van der Waals surface area contributed by atoms with Gasteiger partial charge in [-0.05, 0) is 18.2 Å². The van der Waals surface area contributed by atoms with E-state index in [1.165, 1.54) is 6.07 Å². The molecule has 0 radical (unpaired) electrons. The predicted octanol–water partition coefficient (Wildman–Crippen LogP) is 6.40. The summed E-state index contributed by atoms with van der Waals surface area (Å²) in [5, 5.41) is 12.8. The van der Waals surface area contributed by atoms with E-state index in [-0.39, 0.29) is 5.69 Å². The van der Waals surface area contributed by atoms with Crippen molar-refractivity contribution in [2.75, 3.05) is 0 Å². The smallest absolute Gasteiger partial charge is 0.164 e. The molecule has 0 N–H and O–H groups in total. The van der Waals surface area contributed by atoms with Crippen LogP contribution in [0, 0.1) is 17.1 Å². The number of nitriles is 1. The Labute approximate surface area is 182 Å². The highest BCUT2D eigenvalue weighted by Gasteiger charge is 2.19. The second-order valence-corrected chi connectivity index (χ2v) is 7.60. The fourth-order valence-electron chi connectivity index (χ4n) is 4.41. The average Bonchev–Trinajstić information content (AvgIpc) is 3.18. The monoisotopic (exact) mass is 414 g/mol. The van der Waals surface area contributed by atoms with Gasteiger partial charge >= 0.3 is 0 Å². The maximum atomic E-state index is 14.3. The minimum absolute atomic E-state index is 0.167. The van der Waals surface area contributed by atoms with Crippen molar-refractivity contribution in [1.82, 2.24) is 14.5 Å². The molecule has 6 aromatic rings. The van der Waals surface area contributed by atoms with E-state index in [0.29, 0.717) is 5.69 Å². The van der Waals surface area contributed by atoms with Crippen LogP contribution in [-0.4, -0.2) is 14.5 Å². The van der Waals surface area contributed by atoms with E-state index >= 15 is 0 Å². The standard InChI is InChI=1S/C27H15FN4/c28-19-13-26(24(14-29)31-16-19)32-25-11-4-2-7-21(25)22-9-5-8-20(27(22)32)18-12-17-6-1-3-10-23(17)30-15-18/h1-13,15-16H.